The Balaban J connectivity index is 1.84. The van der Waals surface area contributed by atoms with Gasteiger partial charge in [-0.2, -0.15) is 8.42 Å². The van der Waals surface area contributed by atoms with Gasteiger partial charge in [0.1, 0.15) is 0 Å². The number of quaternary nitrogens is 1. The van der Waals surface area contributed by atoms with Crippen LogP contribution in [0.4, 0.5) is 0 Å². The number of nitrogens with one attached hydrogen (secondary N) is 1. The van der Waals surface area contributed by atoms with Gasteiger partial charge in [0.2, 0.25) is 0 Å². The molecule has 1 fully saturated rings. The van der Waals surface area contributed by atoms with Gasteiger partial charge in [0.25, 0.3) is 5.91 Å². The van der Waals surface area contributed by atoms with Crippen molar-refractivity contribution < 1.29 is 28.4 Å². The first-order valence-electron chi connectivity index (χ1n) is 8.48. The third kappa shape index (κ3) is 4.18. The van der Waals surface area contributed by atoms with Crippen LogP contribution in [0.2, 0.25) is 0 Å². The van der Waals surface area contributed by atoms with E-state index >= 15 is 0 Å². The number of hydrogen-bond acceptors (Lipinski definition) is 4. The Labute approximate surface area is 156 Å². The third-order valence-electron chi connectivity index (χ3n) is 4.56. The summed E-state index contributed by atoms with van der Waals surface area (Å²) >= 11 is 0. The average molecular weight is 393 g/mol. The van der Waals surface area contributed by atoms with Gasteiger partial charge >= 0.3 is 16.2 Å². The first kappa shape index (κ1) is 19.1. The van der Waals surface area contributed by atoms with Crippen molar-refractivity contribution in [2.45, 2.75) is 18.9 Å². The van der Waals surface area contributed by atoms with Crippen LogP contribution >= 0.6 is 0 Å². The highest BCUT2D eigenvalue weighted by Gasteiger charge is 2.23. The Morgan fingerprint density at radius 3 is 2.33 bits per heavy atom. The summed E-state index contributed by atoms with van der Waals surface area (Å²) in [5.74, 6) is -1.60. The molecule has 1 aromatic heterocycles. The van der Waals surface area contributed by atoms with Crippen molar-refractivity contribution in [3.05, 3.63) is 47.8 Å². The van der Waals surface area contributed by atoms with E-state index in [-0.39, 0.29) is 17.5 Å². The summed E-state index contributed by atoms with van der Waals surface area (Å²) in [7, 11) is -4.23. The first-order valence-corrected chi connectivity index (χ1v) is 9.98. The molecule has 0 unspecified atom stereocenters. The molecule has 10 heteroatoms. The lowest BCUT2D eigenvalue weighted by molar-refractivity contribution is -0.663. The van der Waals surface area contributed by atoms with Gasteiger partial charge in [-0.15, -0.1) is 0 Å². The van der Waals surface area contributed by atoms with E-state index in [2.05, 4.69) is 10.6 Å². The molecule has 0 atom stereocenters. The number of aromatic nitrogens is 1. The van der Waals surface area contributed by atoms with Crippen LogP contribution in [0.25, 0.3) is 11.1 Å². The van der Waals surface area contributed by atoms with Crippen LogP contribution in [0.3, 0.4) is 0 Å². The number of hydrogen-bond donors (Lipinski definition) is 4. The molecule has 0 aliphatic carbocycles. The van der Waals surface area contributed by atoms with Crippen molar-refractivity contribution >= 4 is 22.1 Å². The fraction of sp³-hybridized carbons (Fsp3) is 0.294. The lowest BCUT2D eigenvalue weighted by atomic mass is 10.0. The molecule has 1 aliphatic rings. The molecular formula is C17H21N4O5S+. The van der Waals surface area contributed by atoms with Gasteiger partial charge in [0, 0.05) is 36.2 Å². The van der Waals surface area contributed by atoms with Crippen molar-refractivity contribution in [3.8, 4) is 11.1 Å². The number of rotatable bonds is 5. The van der Waals surface area contributed by atoms with E-state index in [1.54, 1.807) is 24.3 Å². The smallest absolute Gasteiger partial charge is 0.354 e. The number of benzene rings is 1. The van der Waals surface area contributed by atoms with Crippen LogP contribution < -0.4 is 15.8 Å². The van der Waals surface area contributed by atoms with Gasteiger partial charge in [0.05, 0.1) is 13.1 Å². The number of carbonyl (C=O) groups excluding carboxylic acids is 1. The highest BCUT2D eigenvalue weighted by molar-refractivity contribution is 7.87. The molecule has 1 aliphatic heterocycles. The molecule has 27 heavy (non-hydrogen) atoms. The van der Waals surface area contributed by atoms with E-state index in [4.69, 9.17) is 5.14 Å². The summed E-state index contributed by atoms with van der Waals surface area (Å²) in [6.07, 6.45) is 2.94. The minimum Gasteiger partial charge on any atom is -0.477 e. The maximum absolute atomic E-state index is 12.4. The Hall–Kier alpha value is -2.69. The van der Waals surface area contributed by atoms with E-state index in [0.29, 0.717) is 15.1 Å². The molecule has 9 nitrogen and oxygen atoms in total. The topological polar surface area (TPSA) is 148 Å². The summed E-state index contributed by atoms with van der Waals surface area (Å²) in [5, 5.41) is 19.6. The summed E-state index contributed by atoms with van der Waals surface area (Å²) in [4.78, 5) is 23.9. The second kappa shape index (κ2) is 7.51. The van der Waals surface area contributed by atoms with Crippen molar-refractivity contribution in [2.24, 2.45) is 5.14 Å². The van der Waals surface area contributed by atoms with E-state index in [9.17, 15) is 23.1 Å². The van der Waals surface area contributed by atoms with E-state index in [1.165, 1.54) is 6.07 Å². The normalized spacial score (nSPS) is 15.4. The van der Waals surface area contributed by atoms with Crippen LogP contribution in [0.15, 0.2) is 36.5 Å². The Morgan fingerprint density at radius 2 is 1.78 bits per heavy atom. The number of amides is 1. The fourth-order valence-corrected chi connectivity index (χ4v) is 3.87. The molecule has 144 valence electrons. The second-order valence-electron chi connectivity index (χ2n) is 6.42. The maximum Gasteiger partial charge on any atom is 0.354 e. The SMILES string of the molecule is NS(=O)(=O)n1ccc(-c2ccc(C(=O)NC3CC[NH2+]CC3)cc2)c1C(=O)O. The first-order chi connectivity index (χ1) is 12.8. The zero-order valence-electron chi connectivity index (χ0n) is 14.5. The lowest BCUT2D eigenvalue weighted by Gasteiger charge is -2.21. The minimum atomic E-state index is -4.23. The number of carbonyl (C=O) groups is 2. The fourth-order valence-electron chi connectivity index (χ4n) is 3.21. The molecular weight excluding hydrogens is 372 g/mol. The van der Waals surface area contributed by atoms with Crippen molar-refractivity contribution in [1.82, 2.24) is 9.29 Å². The minimum absolute atomic E-state index is 0.157. The van der Waals surface area contributed by atoms with Crippen LogP contribution in [0, 0.1) is 0 Å². The number of carboxylic acids is 1. The maximum atomic E-state index is 12.4. The lowest BCUT2D eigenvalue weighted by Crippen LogP contribution is -2.87. The summed E-state index contributed by atoms with van der Waals surface area (Å²) < 4.78 is 23.6. The summed E-state index contributed by atoms with van der Waals surface area (Å²) in [6.45, 7) is 1.98. The number of nitrogens with two attached hydrogens (primary N) is 2. The van der Waals surface area contributed by atoms with Crippen LogP contribution in [0.1, 0.15) is 33.7 Å². The molecule has 0 saturated carbocycles. The zero-order valence-corrected chi connectivity index (χ0v) is 15.3. The van der Waals surface area contributed by atoms with Crippen LogP contribution in [-0.4, -0.2) is 48.5 Å². The molecule has 0 spiro atoms. The second-order valence-corrected chi connectivity index (χ2v) is 7.84. The average Bonchev–Trinajstić information content (AvgIpc) is 3.08. The number of nitrogens with zero attached hydrogens (tertiary/aromatic N) is 1. The highest BCUT2D eigenvalue weighted by Crippen LogP contribution is 2.26. The molecule has 2 heterocycles. The van der Waals surface area contributed by atoms with Crippen LogP contribution in [-0.2, 0) is 10.2 Å². The highest BCUT2D eigenvalue weighted by atomic mass is 32.2. The molecule has 2 aromatic rings. The van der Waals surface area contributed by atoms with E-state index in [0.717, 1.165) is 32.1 Å². The Bertz CT molecular complexity index is 960. The number of piperidine rings is 1. The largest absolute Gasteiger partial charge is 0.477 e. The van der Waals surface area contributed by atoms with Crippen molar-refractivity contribution in [1.29, 1.82) is 0 Å². The van der Waals surface area contributed by atoms with Gasteiger partial charge in [-0.1, -0.05) is 12.1 Å². The molecule has 3 rings (SSSR count). The summed E-state index contributed by atoms with van der Waals surface area (Å²) in [6, 6.07) is 7.85. The zero-order chi connectivity index (χ0) is 19.6. The van der Waals surface area contributed by atoms with E-state index in [1.807, 2.05) is 0 Å². The van der Waals surface area contributed by atoms with E-state index < -0.39 is 21.9 Å². The predicted octanol–water partition coefficient (Wildman–Crippen LogP) is -0.639. The monoisotopic (exact) mass is 393 g/mol. The number of carboxylic acid groups (broad SMARTS) is 1. The molecule has 1 amide bonds. The standard InChI is InChI=1S/C17H20N4O5S/c18-27(25,26)21-10-7-14(15(21)17(23)24)11-1-3-12(4-2-11)16(22)20-13-5-8-19-9-6-13/h1-4,7,10,13,19H,5-6,8-9H2,(H,20,22)(H,23,24)(H2,18,25,26)/p+1. The Kier molecular flexibility index (Phi) is 5.31. The number of aromatic carboxylic acids is 1. The van der Waals surface area contributed by atoms with Crippen molar-refractivity contribution in [2.75, 3.05) is 13.1 Å². The Morgan fingerprint density at radius 1 is 1.15 bits per heavy atom. The van der Waals surface area contributed by atoms with Gasteiger partial charge in [-0.05, 0) is 23.8 Å². The molecule has 0 radical (unpaired) electrons. The van der Waals surface area contributed by atoms with Gasteiger partial charge in [0.15, 0.2) is 5.69 Å². The molecule has 6 N–H and O–H groups in total. The van der Waals surface area contributed by atoms with Gasteiger partial charge < -0.3 is 15.7 Å². The van der Waals surface area contributed by atoms with Crippen molar-refractivity contribution in [3.63, 3.8) is 0 Å². The molecule has 0 bridgehead atoms. The summed E-state index contributed by atoms with van der Waals surface area (Å²) in [5.41, 5.74) is 0.675. The third-order valence-corrected chi connectivity index (χ3v) is 5.41. The predicted molar refractivity (Wildman–Crippen MR) is 97.5 cm³/mol. The van der Waals surface area contributed by atoms with Gasteiger partial charge in [-0.25, -0.2) is 13.9 Å². The quantitative estimate of drug-likeness (QED) is 0.533. The van der Waals surface area contributed by atoms with Gasteiger partial charge in [-0.3, -0.25) is 4.79 Å². The molecule has 1 aromatic carbocycles. The molecule has 1 saturated heterocycles. The van der Waals surface area contributed by atoms with Crippen LogP contribution in [0.5, 0.6) is 0 Å².